The fourth-order valence-electron chi connectivity index (χ4n) is 1.91. The number of rotatable bonds is 6. The fourth-order valence-corrected chi connectivity index (χ4v) is 1.91. The summed E-state index contributed by atoms with van der Waals surface area (Å²) in [4.78, 5) is 10.2. The predicted molar refractivity (Wildman–Crippen MR) is 52.4 cm³/mol. The maximum atomic E-state index is 10.2. The zero-order valence-electron chi connectivity index (χ0n) is 8.44. The molecule has 4 unspecified atom stereocenters. The lowest BCUT2D eigenvalue weighted by Gasteiger charge is -2.11. The number of hydrogen-bond acceptors (Lipinski definition) is 3. The molecule has 3 heteroatoms. The lowest BCUT2D eigenvalue weighted by atomic mass is 10.1. The van der Waals surface area contributed by atoms with Crippen molar-refractivity contribution in [3.63, 3.8) is 0 Å². The molecule has 0 heterocycles. The fraction of sp³-hybridized carbons (Fsp3) is 1.00. The lowest BCUT2D eigenvalue weighted by Crippen LogP contribution is -2.23. The zero-order chi connectivity index (χ0) is 9.84. The van der Waals surface area contributed by atoms with Crippen molar-refractivity contribution in [2.75, 3.05) is 0 Å². The molecular weight excluding hydrogens is 166 g/mol. The number of nitroso groups, excluding NO2 is 1. The van der Waals surface area contributed by atoms with Crippen LogP contribution in [0.1, 0.15) is 39.5 Å². The molecule has 0 spiro atoms. The van der Waals surface area contributed by atoms with Crippen molar-refractivity contribution in [2.45, 2.75) is 51.7 Å². The minimum atomic E-state index is -0.501. The van der Waals surface area contributed by atoms with Gasteiger partial charge in [-0.25, -0.2) is 0 Å². The Morgan fingerprint density at radius 3 is 2.85 bits per heavy atom. The quantitative estimate of drug-likeness (QED) is 0.646. The van der Waals surface area contributed by atoms with Gasteiger partial charge >= 0.3 is 0 Å². The Hall–Kier alpha value is -0.440. The SMILES string of the molecule is CCCCC1CC1C(O)C(C)N=O. The molecule has 1 aliphatic rings. The van der Waals surface area contributed by atoms with Gasteiger partial charge in [0, 0.05) is 0 Å². The maximum absolute atomic E-state index is 10.2. The van der Waals surface area contributed by atoms with Crippen LogP contribution in [-0.4, -0.2) is 17.3 Å². The van der Waals surface area contributed by atoms with Crippen molar-refractivity contribution >= 4 is 0 Å². The van der Waals surface area contributed by atoms with Gasteiger partial charge in [-0.1, -0.05) is 31.4 Å². The first kappa shape index (κ1) is 10.6. The van der Waals surface area contributed by atoms with Gasteiger partial charge in [-0.05, 0) is 25.2 Å². The molecule has 0 aromatic carbocycles. The molecule has 0 saturated heterocycles. The highest BCUT2D eigenvalue weighted by atomic mass is 16.3. The normalized spacial score (nSPS) is 31.0. The maximum Gasteiger partial charge on any atom is 0.115 e. The molecule has 13 heavy (non-hydrogen) atoms. The smallest absolute Gasteiger partial charge is 0.115 e. The Kier molecular flexibility index (Phi) is 3.85. The summed E-state index contributed by atoms with van der Waals surface area (Å²) in [5.41, 5.74) is 0. The molecule has 0 bridgehead atoms. The average molecular weight is 185 g/mol. The van der Waals surface area contributed by atoms with Crippen LogP contribution in [0.25, 0.3) is 0 Å². The van der Waals surface area contributed by atoms with Crippen LogP contribution in [0.5, 0.6) is 0 Å². The topological polar surface area (TPSA) is 49.7 Å². The van der Waals surface area contributed by atoms with E-state index < -0.39 is 12.1 Å². The van der Waals surface area contributed by atoms with E-state index in [0.29, 0.717) is 11.8 Å². The Labute approximate surface area is 79.5 Å². The third-order valence-corrected chi connectivity index (χ3v) is 3.00. The second-order valence-electron chi connectivity index (χ2n) is 4.14. The van der Waals surface area contributed by atoms with E-state index in [0.717, 1.165) is 6.42 Å². The zero-order valence-corrected chi connectivity index (χ0v) is 8.44. The van der Waals surface area contributed by atoms with E-state index in [1.165, 1.54) is 19.3 Å². The molecule has 1 N–H and O–H groups in total. The molecule has 0 aliphatic heterocycles. The highest BCUT2D eigenvalue weighted by molar-refractivity contribution is 4.94. The predicted octanol–water partition coefficient (Wildman–Crippen LogP) is 2.33. The summed E-state index contributed by atoms with van der Waals surface area (Å²) in [6.07, 6.45) is 4.22. The van der Waals surface area contributed by atoms with Gasteiger partial charge in [0.2, 0.25) is 0 Å². The molecule has 76 valence electrons. The van der Waals surface area contributed by atoms with Crippen LogP contribution in [0, 0.1) is 16.7 Å². The van der Waals surface area contributed by atoms with Crippen LogP contribution in [-0.2, 0) is 0 Å². The highest BCUT2D eigenvalue weighted by Crippen LogP contribution is 2.45. The largest absolute Gasteiger partial charge is 0.390 e. The highest BCUT2D eigenvalue weighted by Gasteiger charge is 2.43. The standard InChI is InChI=1S/C10H19NO2/c1-3-4-5-8-6-9(8)10(12)7(2)11-13/h7-10,12H,3-6H2,1-2H3. The number of aliphatic hydroxyl groups excluding tert-OH is 1. The molecule has 1 rings (SSSR count). The Balaban J connectivity index is 2.21. The van der Waals surface area contributed by atoms with Crippen LogP contribution in [0.2, 0.25) is 0 Å². The van der Waals surface area contributed by atoms with Crippen molar-refractivity contribution in [3.8, 4) is 0 Å². The molecule has 1 saturated carbocycles. The second-order valence-corrected chi connectivity index (χ2v) is 4.14. The molecule has 3 nitrogen and oxygen atoms in total. The van der Waals surface area contributed by atoms with Gasteiger partial charge in [0.05, 0.1) is 6.10 Å². The third kappa shape index (κ3) is 2.76. The van der Waals surface area contributed by atoms with E-state index in [9.17, 15) is 10.0 Å². The Morgan fingerprint density at radius 1 is 1.62 bits per heavy atom. The van der Waals surface area contributed by atoms with Crippen LogP contribution in [0.3, 0.4) is 0 Å². The van der Waals surface area contributed by atoms with Gasteiger partial charge < -0.3 is 5.11 Å². The van der Waals surface area contributed by atoms with Crippen LogP contribution >= 0.6 is 0 Å². The summed E-state index contributed by atoms with van der Waals surface area (Å²) in [6.45, 7) is 3.86. The van der Waals surface area contributed by atoms with Crippen LogP contribution in [0.4, 0.5) is 0 Å². The third-order valence-electron chi connectivity index (χ3n) is 3.00. The van der Waals surface area contributed by atoms with Crippen molar-refractivity contribution in [3.05, 3.63) is 4.91 Å². The molecular formula is C10H19NO2. The summed E-state index contributed by atoms with van der Waals surface area (Å²) in [5, 5.41) is 12.5. The Morgan fingerprint density at radius 2 is 2.31 bits per heavy atom. The number of hydrogen-bond donors (Lipinski definition) is 1. The monoisotopic (exact) mass is 185 g/mol. The number of unbranched alkanes of at least 4 members (excludes halogenated alkanes) is 1. The van der Waals surface area contributed by atoms with Gasteiger partial charge in [0.25, 0.3) is 0 Å². The van der Waals surface area contributed by atoms with Gasteiger partial charge in [0.15, 0.2) is 0 Å². The minimum absolute atomic E-state index is 0.347. The molecule has 0 amide bonds. The van der Waals surface area contributed by atoms with E-state index in [-0.39, 0.29) is 0 Å². The molecule has 4 atom stereocenters. The summed E-state index contributed by atoms with van der Waals surface area (Å²) in [7, 11) is 0. The van der Waals surface area contributed by atoms with Crippen molar-refractivity contribution in [1.82, 2.24) is 0 Å². The average Bonchev–Trinajstić information content (AvgIpc) is 2.91. The molecule has 1 fully saturated rings. The van der Waals surface area contributed by atoms with Gasteiger partial charge in [-0.2, -0.15) is 4.91 Å². The first-order chi connectivity index (χ1) is 6.20. The molecule has 1 aliphatic carbocycles. The summed E-state index contributed by atoms with van der Waals surface area (Å²) >= 11 is 0. The first-order valence-corrected chi connectivity index (χ1v) is 5.21. The van der Waals surface area contributed by atoms with Gasteiger partial charge in [-0.15, -0.1) is 0 Å². The van der Waals surface area contributed by atoms with Gasteiger partial charge in [-0.3, -0.25) is 0 Å². The van der Waals surface area contributed by atoms with E-state index in [1.54, 1.807) is 6.92 Å². The molecule has 0 aromatic rings. The van der Waals surface area contributed by atoms with E-state index >= 15 is 0 Å². The molecule has 0 aromatic heterocycles. The minimum Gasteiger partial charge on any atom is -0.390 e. The lowest BCUT2D eigenvalue weighted by molar-refractivity contribution is 0.122. The number of nitrogens with zero attached hydrogens (tertiary/aromatic N) is 1. The number of aliphatic hydroxyl groups is 1. The van der Waals surface area contributed by atoms with Gasteiger partial charge in [0.1, 0.15) is 6.04 Å². The summed E-state index contributed by atoms with van der Waals surface area (Å²) < 4.78 is 0. The molecule has 0 radical (unpaired) electrons. The summed E-state index contributed by atoms with van der Waals surface area (Å²) in [6, 6.07) is -0.434. The van der Waals surface area contributed by atoms with E-state index in [2.05, 4.69) is 12.1 Å². The van der Waals surface area contributed by atoms with E-state index in [4.69, 9.17) is 0 Å². The first-order valence-electron chi connectivity index (χ1n) is 5.21. The van der Waals surface area contributed by atoms with Crippen molar-refractivity contribution in [2.24, 2.45) is 17.0 Å². The Bertz CT molecular complexity index is 172. The van der Waals surface area contributed by atoms with Crippen molar-refractivity contribution in [1.29, 1.82) is 0 Å². The van der Waals surface area contributed by atoms with Crippen LogP contribution in [0.15, 0.2) is 5.18 Å². The van der Waals surface area contributed by atoms with Crippen LogP contribution < -0.4 is 0 Å². The summed E-state index contributed by atoms with van der Waals surface area (Å²) in [5.74, 6) is 0.999. The van der Waals surface area contributed by atoms with Crippen molar-refractivity contribution < 1.29 is 5.11 Å². The van der Waals surface area contributed by atoms with E-state index in [1.807, 2.05) is 0 Å². The second kappa shape index (κ2) is 4.70.